The zero-order chi connectivity index (χ0) is 15.1. The number of nitrogens with one attached hydrogen (secondary N) is 2. The number of carbonyl (C=O) groups is 2. The molecular weight excluding hydrogens is 268 g/mol. The molecule has 3 N–H and O–H groups in total. The van der Waals surface area contributed by atoms with Gasteiger partial charge in [0.25, 0.3) is 0 Å². The Hall–Kier alpha value is -1.26. The van der Waals surface area contributed by atoms with Crippen molar-refractivity contribution < 1.29 is 14.7 Å². The number of hydrogen-bond acceptors (Lipinski definition) is 2. The molecule has 0 bridgehead atoms. The van der Waals surface area contributed by atoms with Gasteiger partial charge in [0.1, 0.15) is 5.54 Å². The molecule has 2 rings (SSSR count). The number of hydrogen-bond donors (Lipinski definition) is 3. The van der Waals surface area contributed by atoms with E-state index in [4.69, 9.17) is 0 Å². The van der Waals surface area contributed by atoms with Gasteiger partial charge in [-0.05, 0) is 25.2 Å². The molecule has 120 valence electrons. The van der Waals surface area contributed by atoms with Crippen molar-refractivity contribution in [1.29, 1.82) is 0 Å². The van der Waals surface area contributed by atoms with Gasteiger partial charge < -0.3 is 15.7 Å². The van der Waals surface area contributed by atoms with E-state index in [-0.39, 0.29) is 6.03 Å². The first-order chi connectivity index (χ1) is 10.1. The molecule has 0 atom stereocenters. The van der Waals surface area contributed by atoms with Crippen molar-refractivity contribution in [2.24, 2.45) is 5.92 Å². The summed E-state index contributed by atoms with van der Waals surface area (Å²) in [7, 11) is 0. The highest BCUT2D eigenvalue weighted by molar-refractivity contribution is 5.86. The van der Waals surface area contributed by atoms with Crippen molar-refractivity contribution in [3.05, 3.63) is 0 Å². The molecule has 2 amide bonds. The first kappa shape index (κ1) is 16.1. The fourth-order valence-corrected chi connectivity index (χ4v) is 3.67. The van der Waals surface area contributed by atoms with Crippen LogP contribution < -0.4 is 10.6 Å². The Bertz CT molecular complexity index is 357. The van der Waals surface area contributed by atoms with E-state index in [1.807, 2.05) is 0 Å². The maximum atomic E-state index is 12.0. The average molecular weight is 296 g/mol. The zero-order valence-electron chi connectivity index (χ0n) is 12.8. The maximum absolute atomic E-state index is 12.0. The van der Waals surface area contributed by atoms with Gasteiger partial charge in [0, 0.05) is 6.54 Å². The lowest BCUT2D eigenvalue weighted by Crippen LogP contribution is -2.57. The highest BCUT2D eigenvalue weighted by atomic mass is 16.4. The number of rotatable bonds is 5. The van der Waals surface area contributed by atoms with Gasteiger partial charge in [0.2, 0.25) is 0 Å². The molecule has 5 heteroatoms. The summed E-state index contributed by atoms with van der Waals surface area (Å²) in [6.07, 6.45) is 11.1. The monoisotopic (exact) mass is 296 g/mol. The largest absolute Gasteiger partial charge is 0.480 e. The van der Waals surface area contributed by atoms with Gasteiger partial charge in [-0.3, -0.25) is 0 Å². The molecule has 2 aliphatic rings. The van der Waals surface area contributed by atoms with Crippen LogP contribution in [0.2, 0.25) is 0 Å². The van der Waals surface area contributed by atoms with E-state index in [0.717, 1.165) is 38.0 Å². The minimum atomic E-state index is -1.06. The predicted octanol–water partition coefficient (Wildman–Crippen LogP) is 3.04. The quantitative estimate of drug-likeness (QED) is 0.682. The number of carboxylic acids is 1. The molecule has 0 aromatic carbocycles. The lowest BCUT2D eigenvalue weighted by atomic mass is 9.90. The molecule has 2 saturated carbocycles. The molecule has 2 fully saturated rings. The van der Waals surface area contributed by atoms with Crippen LogP contribution in [-0.4, -0.2) is 29.2 Å². The van der Waals surface area contributed by atoms with E-state index in [1.165, 1.54) is 25.7 Å². The second kappa shape index (κ2) is 7.66. The Labute approximate surface area is 126 Å². The van der Waals surface area contributed by atoms with Crippen molar-refractivity contribution in [2.75, 3.05) is 6.54 Å². The topological polar surface area (TPSA) is 78.4 Å². The van der Waals surface area contributed by atoms with Gasteiger partial charge in [-0.25, -0.2) is 9.59 Å². The van der Waals surface area contributed by atoms with Crippen molar-refractivity contribution in [3.8, 4) is 0 Å². The van der Waals surface area contributed by atoms with Crippen molar-refractivity contribution in [3.63, 3.8) is 0 Å². The highest BCUT2D eigenvalue weighted by Gasteiger charge is 2.40. The summed E-state index contributed by atoms with van der Waals surface area (Å²) in [5, 5.41) is 15.1. The average Bonchev–Trinajstić information content (AvgIpc) is 2.84. The van der Waals surface area contributed by atoms with Gasteiger partial charge in [-0.1, -0.05) is 51.4 Å². The van der Waals surface area contributed by atoms with E-state index in [0.29, 0.717) is 19.4 Å². The summed E-state index contributed by atoms with van der Waals surface area (Å²) in [6.45, 7) is 0.645. The Morgan fingerprint density at radius 3 is 2.19 bits per heavy atom. The molecule has 21 heavy (non-hydrogen) atoms. The third-order valence-corrected chi connectivity index (χ3v) is 5.03. The van der Waals surface area contributed by atoms with Gasteiger partial charge in [0.05, 0.1) is 0 Å². The lowest BCUT2D eigenvalue weighted by Gasteiger charge is -2.29. The Kier molecular flexibility index (Phi) is 5.88. The zero-order valence-corrected chi connectivity index (χ0v) is 12.8. The van der Waals surface area contributed by atoms with Crippen LogP contribution in [0.15, 0.2) is 0 Å². The van der Waals surface area contributed by atoms with Crippen LogP contribution in [0.3, 0.4) is 0 Å². The summed E-state index contributed by atoms with van der Waals surface area (Å²) >= 11 is 0. The summed E-state index contributed by atoms with van der Waals surface area (Å²) in [5.41, 5.74) is -1.06. The second-order valence-electron chi connectivity index (χ2n) is 6.62. The standard InChI is InChI=1S/C16H28N2O3/c19-14(20)16(10-5-1-2-6-11-16)18-15(21)17-12-9-13-7-3-4-8-13/h13H,1-12H2,(H,19,20)(H2,17,18,21). The summed E-state index contributed by atoms with van der Waals surface area (Å²) in [4.78, 5) is 23.6. The number of amides is 2. The molecule has 5 nitrogen and oxygen atoms in total. The minimum absolute atomic E-state index is 0.322. The van der Waals surface area contributed by atoms with Crippen molar-refractivity contribution in [1.82, 2.24) is 10.6 Å². The summed E-state index contributed by atoms with van der Waals surface area (Å²) < 4.78 is 0. The predicted molar refractivity (Wildman–Crippen MR) is 81.2 cm³/mol. The normalized spacial score (nSPS) is 22.5. The van der Waals surface area contributed by atoms with E-state index >= 15 is 0 Å². The van der Waals surface area contributed by atoms with Gasteiger partial charge >= 0.3 is 12.0 Å². The Morgan fingerprint density at radius 2 is 1.62 bits per heavy atom. The minimum Gasteiger partial charge on any atom is -0.480 e. The number of carbonyl (C=O) groups excluding carboxylic acids is 1. The summed E-state index contributed by atoms with van der Waals surface area (Å²) in [6, 6.07) is -0.322. The number of carboxylic acid groups (broad SMARTS) is 1. The second-order valence-corrected chi connectivity index (χ2v) is 6.62. The molecule has 0 radical (unpaired) electrons. The SMILES string of the molecule is O=C(NCCC1CCCC1)NC1(C(=O)O)CCCCCC1. The molecule has 0 unspecified atom stereocenters. The van der Waals surface area contributed by atoms with Crippen LogP contribution in [0, 0.1) is 5.92 Å². The van der Waals surface area contributed by atoms with Gasteiger partial charge in [-0.15, -0.1) is 0 Å². The highest BCUT2D eigenvalue weighted by Crippen LogP contribution is 2.28. The molecule has 0 aromatic rings. The van der Waals surface area contributed by atoms with E-state index < -0.39 is 11.5 Å². The first-order valence-corrected chi connectivity index (χ1v) is 8.42. The van der Waals surface area contributed by atoms with Crippen molar-refractivity contribution >= 4 is 12.0 Å². The van der Waals surface area contributed by atoms with Gasteiger partial charge in [0.15, 0.2) is 0 Å². The third kappa shape index (κ3) is 4.61. The Balaban J connectivity index is 1.78. The molecule has 0 saturated heterocycles. The Morgan fingerprint density at radius 1 is 1.00 bits per heavy atom. The summed E-state index contributed by atoms with van der Waals surface area (Å²) in [5.74, 6) is -0.160. The molecule has 0 aliphatic heterocycles. The third-order valence-electron chi connectivity index (χ3n) is 5.03. The number of urea groups is 1. The fourth-order valence-electron chi connectivity index (χ4n) is 3.67. The first-order valence-electron chi connectivity index (χ1n) is 8.42. The molecule has 0 heterocycles. The van der Waals surface area contributed by atoms with E-state index in [1.54, 1.807) is 0 Å². The van der Waals surface area contributed by atoms with Crippen LogP contribution in [0.4, 0.5) is 4.79 Å². The van der Waals surface area contributed by atoms with E-state index in [9.17, 15) is 14.7 Å². The van der Waals surface area contributed by atoms with Crippen LogP contribution in [-0.2, 0) is 4.79 Å². The molecule has 0 spiro atoms. The molecule has 0 aromatic heterocycles. The molecular formula is C16H28N2O3. The van der Waals surface area contributed by atoms with Crippen LogP contribution >= 0.6 is 0 Å². The maximum Gasteiger partial charge on any atom is 0.329 e. The van der Waals surface area contributed by atoms with E-state index in [2.05, 4.69) is 10.6 Å². The smallest absolute Gasteiger partial charge is 0.329 e. The lowest BCUT2D eigenvalue weighted by molar-refractivity contribution is -0.145. The van der Waals surface area contributed by atoms with Crippen molar-refractivity contribution in [2.45, 2.75) is 76.2 Å². The van der Waals surface area contributed by atoms with Crippen LogP contribution in [0.25, 0.3) is 0 Å². The molecule has 2 aliphatic carbocycles. The van der Waals surface area contributed by atoms with Crippen LogP contribution in [0.1, 0.15) is 70.6 Å². The van der Waals surface area contributed by atoms with Gasteiger partial charge in [-0.2, -0.15) is 0 Å². The fraction of sp³-hybridized carbons (Fsp3) is 0.875. The van der Waals surface area contributed by atoms with Crippen LogP contribution in [0.5, 0.6) is 0 Å². The number of aliphatic carboxylic acids is 1.